The Hall–Kier alpha value is -3.14. The Balaban J connectivity index is 2.29. The highest BCUT2D eigenvalue weighted by Gasteiger charge is 2.35. The summed E-state index contributed by atoms with van der Waals surface area (Å²) in [5.41, 5.74) is -5.38. The van der Waals surface area contributed by atoms with E-state index in [1.165, 1.54) is 0 Å². The molecule has 3 aromatic rings. The van der Waals surface area contributed by atoms with Crippen molar-refractivity contribution in [2.45, 2.75) is 12.4 Å². The van der Waals surface area contributed by atoms with Gasteiger partial charge in [0, 0.05) is 16.0 Å². The molecular weight excluding hydrogens is 440 g/mol. The molecule has 0 aliphatic carbocycles. The number of carbonyl (C=O) groups is 2. The Kier molecular flexibility index (Phi) is 5.23. The molecule has 0 saturated heterocycles. The van der Waals surface area contributed by atoms with Crippen LogP contribution in [0.1, 0.15) is 37.5 Å². The molecule has 0 radical (unpaired) electrons. The second kappa shape index (κ2) is 7.28. The molecule has 0 unspecified atom stereocenters. The minimum Gasteiger partial charge on any atom is -0.478 e. The van der Waals surface area contributed by atoms with Crippen LogP contribution in [0.4, 0.5) is 26.3 Å². The Morgan fingerprint density at radius 3 is 2.17 bits per heavy atom. The lowest BCUT2D eigenvalue weighted by Crippen LogP contribution is -2.13. The summed E-state index contributed by atoms with van der Waals surface area (Å²) >= 11 is 5.67. The van der Waals surface area contributed by atoms with E-state index in [1.54, 1.807) is 0 Å². The van der Waals surface area contributed by atoms with Crippen LogP contribution in [0.15, 0.2) is 42.5 Å². The molecule has 1 aromatic heterocycles. The van der Waals surface area contributed by atoms with Crippen LogP contribution in [-0.2, 0) is 12.4 Å². The molecule has 0 fully saturated rings. The Morgan fingerprint density at radius 2 is 1.60 bits per heavy atom. The van der Waals surface area contributed by atoms with E-state index in [-0.39, 0.29) is 0 Å². The third-order valence-corrected chi connectivity index (χ3v) is 4.32. The molecule has 3 rings (SSSR count). The molecule has 1 N–H and O–H groups in total. The molecule has 0 aliphatic heterocycles. The van der Waals surface area contributed by atoms with E-state index in [0.29, 0.717) is 24.3 Å². The lowest BCUT2D eigenvalue weighted by Gasteiger charge is -2.14. The quantitative estimate of drug-likeness (QED) is 0.404. The molecule has 0 bridgehead atoms. The standard InChI is InChI=1S/C19H8ClF6NO3/c20-10-5-11-12(17(29)30)7-14(27-15(11)13(6-10)19(24,25)26)16(28)8-2-1-3-9(4-8)18(21,22)23/h1-7H,(H,29,30). The third kappa shape index (κ3) is 4.09. The average Bonchev–Trinajstić information content (AvgIpc) is 2.64. The highest BCUT2D eigenvalue weighted by Crippen LogP contribution is 2.37. The van der Waals surface area contributed by atoms with Crippen molar-refractivity contribution in [1.29, 1.82) is 0 Å². The molecule has 4 nitrogen and oxygen atoms in total. The first-order chi connectivity index (χ1) is 13.8. The molecule has 11 heteroatoms. The highest BCUT2D eigenvalue weighted by molar-refractivity contribution is 6.31. The lowest BCUT2D eigenvalue weighted by molar-refractivity contribution is -0.138. The number of pyridine rings is 1. The largest absolute Gasteiger partial charge is 0.478 e. The molecule has 0 spiro atoms. The maximum absolute atomic E-state index is 13.4. The molecule has 156 valence electrons. The van der Waals surface area contributed by atoms with Crippen molar-refractivity contribution in [2.75, 3.05) is 0 Å². The first kappa shape index (κ1) is 21.6. The molecule has 0 amide bonds. The zero-order chi connectivity index (χ0) is 22.4. The topological polar surface area (TPSA) is 67.3 Å². The number of carboxylic acid groups (broad SMARTS) is 1. The summed E-state index contributed by atoms with van der Waals surface area (Å²) in [5, 5.41) is 8.51. The number of aromatic nitrogens is 1. The van der Waals surface area contributed by atoms with Gasteiger partial charge in [-0.15, -0.1) is 0 Å². The first-order valence-corrected chi connectivity index (χ1v) is 8.33. The van der Waals surface area contributed by atoms with Gasteiger partial charge in [0.05, 0.1) is 22.2 Å². The summed E-state index contributed by atoms with van der Waals surface area (Å²) in [7, 11) is 0. The van der Waals surface area contributed by atoms with Gasteiger partial charge in [-0.1, -0.05) is 23.7 Å². The van der Waals surface area contributed by atoms with Crippen LogP contribution in [0.5, 0.6) is 0 Å². The van der Waals surface area contributed by atoms with Crippen LogP contribution in [0.2, 0.25) is 5.02 Å². The fourth-order valence-corrected chi connectivity index (χ4v) is 3.00. The number of carbonyl (C=O) groups excluding carboxylic acids is 1. The molecule has 0 atom stereocenters. The Labute approximate surface area is 168 Å². The second-order valence-electron chi connectivity index (χ2n) is 6.12. The van der Waals surface area contributed by atoms with Gasteiger partial charge in [0.15, 0.2) is 0 Å². The molecule has 1 heterocycles. The van der Waals surface area contributed by atoms with Gasteiger partial charge in [-0.3, -0.25) is 4.79 Å². The van der Waals surface area contributed by atoms with Gasteiger partial charge in [0.25, 0.3) is 0 Å². The maximum atomic E-state index is 13.4. The Morgan fingerprint density at radius 1 is 0.933 bits per heavy atom. The fourth-order valence-electron chi connectivity index (χ4n) is 2.79. The van der Waals surface area contributed by atoms with Gasteiger partial charge >= 0.3 is 18.3 Å². The van der Waals surface area contributed by atoms with Crippen LogP contribution in [0.25, 0.3) is 10.9 Å². The highest BCUT2D eigenvalue weighted by atomic mass is 35.5. The number of hydrogen-bond acceptors (Lipinski definition) is 3. The molecular formula is C19H8ClF6NO3. The number of hydrogen-bond donors (Lipinski definition) is 1. The monoisotopic (exact) mass is 447 g/mol. The van der Waals surface area contributed by atoms with E-state index < -0.39 is 68.0 Å². The molecule has 2 aromatic carbocycles. The van der Waals surface area contributed by atoms with E-state index >= 15 is 0 Å². The summed E-state index contributed by atoms with van der Waals surface area (Å²) in [6.07, 6.45) is -9.75. The van der Waals surface area contributed by atoms with Crippen LogP contribution >= 0.6 is 11.6 Å². The molecule has 0 aliphatic rings. The van der Waals surface area contributed by atoms with Crippen LogP contribution in [0, 0.1) is 0 Å². The van der Waals surface area contributed by atoms with Crippen LogP contribution in [-0.4, -0.2) is 21.8 Å². The summed E-state index contributed by atoms with van der Waals surface area (Å²) in [6, 6.07) is 5.32. The summed E-state index contributed by atoms with van der Waals surface area (Å²) < 4.78 is 78.9. The predicted octanol–water partition coefficient (Wildman–Crippen LogP) is 5.86. The van der Waals surface area contributed by atoms with Gasteiger partial charge in [0.1, 0.15) is 5.69 Å². The number of halogens is 7. The van der Waals surface area contributed by atoms with Gasteiger partial charge < -0.3 is 5.11 Å². The van der Waals surface area contributed by atoms with E-state index in [1.807, 2.05) is 0 Å². The number of aromatic carboxylic acids is 1. The minimum absolute atomic E-state index is 0.406. The normalized spacial score (nSPS) is 12.2. The number of alkyl halides is 6. The first-order valence-electron chi connectivity index (χ1n) is 7.96. The molecule has 0 saturated carbocycles. The van der Waals surface area contributed by atoms with E-state index in [9.17, 15) is 41.0 Å². The second-order valence-corrected chi connectivity index (χ2v) is 6.55. The van der Waals surface area contributed by atoms with Crippen molar-refractivity contribution in [3.8, 4) is 0 Å². The number of ketones is 1. The number of rotatable bonds is 3. The van der Waals surface area contributed by atoms with Crippen molar-refractivity contribution >= 4 is 34.3 Å². The van der Waals surface area contributed by atoms with Crippen molar-refractivity contribution in [2.24, 2.45) is 0 Å². The zero-order valence-electron chi connectivity index (χ0n) is 14.4. The zero-order valence-corrected chi connectivity index (χ0v) is 15.2. The van der Waals surface area contributed by atoms with Gasteiger partial charge in [-0.25, -0.2) is 9.78 Å². The van der Waals surface area contributed by atoms with Crippen LogP contribution < -0.4 is 0 Å². The number of benzene rings is 2. The number of fused-ring (bicyclic) bond motifs is 1. The number of carboxylic acids is 1. The Bertz CT molecular complexity index is 1190. The summed E-state index contributed by atoms with van der Waals surface area (Å²) in [4.78, 5) is 27.8. The minimum atomic E-state index is -4.98. The van der Waals surface area contributed by atoms with Crippen molar-refractivity contribution in [3.63, 3.8) is 0 Å². The number of nitrogens with zero attached hydrogens (tertiary/aromatic N) is 1. The van der Waals surface area contributed by atoms with E-state index in [0.717, 1.165) is 18.2 Å². The van der Waals surface area contributed by atoms with Crippen molar-refractivity contribution in [1.82, 2.24) is 4.98 Å². The fraction of sp³-hybridized carbons (Fsp3) is 0.105. The lowest BCUT2D eigenvalue weighted by atomic mass is 9.99. The van der Waals surface area contributed by atoms with E-state index in [4.69, 9.17) is 11.6 Å². The van der Waals surface area contributed by atoms with E-state index in [2.05, 4.69) is 4.98 Å². The van der Waals surface area contributed by atoms with Gasteiger partial charge in [-0.2, -0.15) is 26.3 Å². The predicted molar refractivity (Wildman–Crippen MR) is 93.6 cm³/mol. The van der Waals surface area contributed by atoms with Crippen molar-refractivity contribution < 1.29 is 41.0 Å². The molecule has 30 heavy (non-hydrogen) atoms. The SMILES string of the molecule is O=C(c1cccc(C(F)(F)F)c1)c1cc(C(=O)O)c2cc(Cl)cc(C(F)(F)F)c2n1. The summed E-state index contributed by atoms with van der Waals surface area (Å²) in [6.45, 7) is 0. The average molecular weight is 448 g/mol. The summed E-state index contributed by atoms with van der Waals surface area (Å²) in [5.74, 6) is -2.84. The van der Waals surface area contributed by atoms with Gasteiger partial charge in [0.2, 0.25) is 5.78 Å². The van der Waals surface area contributed by atoms with Crippen molar-refractivity contribution in [3.05, 3.63) is 75.4 Å². The smallest absolute Gasteiger partial charge is 0.418 e. The van der Waals surface area contributed by atoms with Gasteiger partial charge in [-0.05, 0) is 30.3 Å². The third-order valence-electron chi connectivity index (χ3n) is 4.10. The van der Waals surface area contributed by atoms with Crippen LogP contribution in [0.3, 0.4) is 0 Å². The maximum Gasteiger partial charge on any atom is 0.418 e.